The van der Waals surface area contributed by atoms with Crippen molar-refractivity contribution >= 4 is 11.0 Å². The molecule has 4 rings (SSSR count). The molecular formula is C18H20N4. The summed E-state index contributed by atoms with van der Waals surface area (Å²) in [5, 5.41) is 1.06. The molecule has 1 aromatic carbocycles. The minimum absolute atomic E-state index is 0.777. The van der Waals surface area contributed by atoms with Gasteiger partial charge in [-0.3, -0.25) is 4.90 Å². The SMILES string of the molecule is c1cc2cnc(Cc3ccc(CN4CCCC4)cc3)nc2[nH]1. The van der Waals surface area contributed by atoms with E-state index in [1.165, 1.54) is 37.1 Å². The Morgan fingerprint density at radius 2 is 1.77 bits per heavy atom. The van der Waals surface area contributed by atoms with Crippen LogP contribution in [-0.4, -0.2) is 32.9 Å². The molecule has 1 aliphatic heterocycles. The second kappa shape index (κ2) is 5.89. The molecule has 2 aromatic heterocycles. The van der Waals surface area contributed by atoms with Gasteiger partial charge < -0.3 is 4.98 Å². The first-order valence-electron chi connectivity index (χ1n) is 7.96. The number of rotatable bonds is 4. The first-order valence-corrected chi connectivity index (χ1v) is 7.96. The molecule has 0 radical (unpaired) electrons. The summed E-state index contributed by atoms with van der Waals surface area (Å²) in [6.45, 7) is 3.56. The number of aromatic nitrogens is 3. The van der Waals surface area contributed by atoms with Gasteiger partial charge in [0.2, 0.25) is 0 Å². The molecule has 0 bridgehead atoms. The minimum Gasteiger partial charge on any atom is -0.346 e. The van der Waals surface area contributed by atoms with E-state index in [2.05, 4.69) is 44.1 Å². The minimum atomic E-state index is 0.777. The molecule has 22 heavy (non-hydrogen) atoms. The summed E-state index contributed by atoms with van der Waals surface area (Å²) in [5.74, 6) is 0.863. The smallest absolute Gasteiger partial charge is 0.141 e. The third-order valence-corrected chi connectivity index (χ3v) is 4.34. The monoisotopic (exact) mass is 292 g/mol. The van der Waals surface area contributed by atoms with Crippen LogP contribution in [0.2, 0.25) is 0 Å². The van der Waals surface area contributed by atoms with Crippen LogP contribution in [0.1, 0.15) is 29.8 Å². The zero-order chi connectivity index (χ0) is 14.8. The normalized spacial score (nSPS) is 15.6. The van der Waals surface area contributed by atoms with Crippen LogP contribution in [0.4, 0.5) is 0 Å². The van der Waals surface area contributed by atoms with E-state index < -0.39 is 0 Å². The van der Waals surface area contributed by atoms with E-state index in [-0.39, 0.29) is 0 Å². The fourth-order valence-electron chi connectivity index (χ4n) is 3.10. The number of likely N-dealkylation sites (tertiary alicyclic amines) is 1. The zero-order valence-corrected chi connectivity index (χ0v) is 12.6. The van der Waals surface area contributed by atoms with E-state index in [4.69, 9.17) is 0 Å². The molecule has 0 atom stereocenters. The number of hydrogen-bond donors (Lipinski definition) is 1. The Labute approximate surface area is 130 Å². The fraction of sp³-hybridized carbons (Fsp3) is 0.333. The number of aromatic amines is 1. The third kappa shape index (κ3) is 2.88. The number of H-pyrrole nitrogens is 1. The second-order valence-corrected chi connectivity index (χ2v) is 6.04. The molecule has 4 nitrogen and oxygen atoms in total. The highest BCUT2D eigenvalue weighted by molar-refractivity contribution is 5.73. The van der Waals surface area contributed by atoms with E-state index in [1.807, 2.05) is 18.5 Å². The first-order chi connectivity index (χ1) is 10.9. The van der Waals surface area contributed by atoms with Gasteiger partial charge in [0.15, 0.2) is 0 Å². The van der Waals surface area contributed by atoms with Crippen LogP contribution in [-0.2, 0) is 13.0 Å². The van der Waals surface area contributed by atoms with Gasteiger partial charge in [0.25, 0.3) is 0 Å². The maximum absolute atomic E-state index is 4.56. The Bertz CT molecular complexity index is 754. The summed E-state index contributed by atoms with van der Waals surface area (Å²) in [6, 6.07) is 10.9. The molecule has 1 aliphatic rings. The van der Waals surface area contributed by atoms with Gasteiger partial charge in [0.05, 0.1) is 0 Å². The molecule has 1 saturated heterocycles. The maximum atomic E-state index is 4.56. The molecule has 1 fully saturated rings. The first kappa shape index (κ1) is 13.5. The van der Waals surface area contributed by atoms with Crippen LogP contribution in [0, 0.1) is 0 Å². The highest BCUT2D eigenvalue weighted by Gasteiger charge is 2.11. The Kier molecular flexibility index (Phi) is 3.60. The van der Waals surface area contributed by atoms with Gasteiger partial charge in [-0.2, -0.15) is 0 Å². The largest absolute Gasteiger partial charge is 0.346 e. The fourth-order valence-corrected chi connectivity index (χ4v) is 3.10. The van der Waals surface area contributed by atoms with E-state index >= 15 is 0 Å². The summed E-state index contributed by atoms with van der Waals surface area (Å²) in [5.41, 5.74) is 3.57. The van der Waals surface area contributed by atoms with Crippen molar-refractivity contribution in [3.63, 3.8) is 0 Å². The lowest BCUT2D eigenvalue weighted by Crippen LogP contribution is -2.18. The van der Waals surface area contributed by atoms with Crippen LogP contribution in [0.3, 0.4) is 0 Å². The molecule has 0 saturated carbocycles. The maximum Gasteiger partial charge on any atom is 0.141 e. The molecule has 1 N–H and O–H groups in total. The van der Waals surface area contributed by atoms with Gasteiger partial charge in [0, 0.05) is 30.7 Å². The van der Waals surface area contributed by atoms with Crippen molar-refractivity contribution in [1.82, 2.24) is 19.9 Å². The molecule has 3 aromatic rings. The molecule has 3 heterocycles. The summed E-state index contributed by atoms with van der Waals surface area (Å²) in [4.78, 5) is 14.7. The summed E-state index contributed by atoms with van der Waals surface area (Å²) in [6.07, 6.45) is 7.25. The highest BCUT2D eigenvalue weighted by atomic mass is 15.1. The predicted octanol–water partition coefficient (Wildman–Crippen LogP) is 3.14. The van der Waals surface area contributed by atoms with Crippen LogP contribution in [0.5, 0.6) is 0 Å². The average Bonchev–Trinajstić information content (AvgIpc) is 3.20. The van der Waals surface area contributed by atoms with Crippen molar-refractivity contribution in [2.24, 2.45) is 0 Å². The Morgan fingerprint density at radius 3 is 2.59 bits per heavy atom. The quantitative estimate of drug-likeness (QED) is 0.803. The average molecular weight is 292 g/mol. The molecule has 0 spiro atoms. The van der Waals surface area contributed by atoms with Crippen LogP contribution in [0.15, 0.2) is 42.7 Å². The van der Waals surface area contributed by atoms with Crippen molar-refractivity contribution in [2.75, 3.05) is 13.1 Å². The lowest BCUT2D eigenvalue weighted by Gasteiger charge is -2.14. The lowest BCUT2D eigenvalue weighted by atomic mass is 10.1. The number of nitrogens with zero attached hydrogens (tertiary/aromatic N) is 3. The van der Waals surface area contributed by atoms with Gasteiger partial charge in [-0.1, -0.05) is 24.3 Å². The van der Waals surface area contributed by atoms with E-state index in [9.17, 15) is 0 Å². The number of benzene rings is 1. The van der Waals surface area contributed by atoms with Crippen LogP contribution < -0.4 is 0 Å². The van der Waals surface area contributed by atoms with Gasteiger partial charge in [-0.05, 0) is 43.1 Å². The predicted molar refractivity (Wildman–Crippen MR) is 87.6 cm³/mol. The van der Waals surface area contributed by atoms with E-state index in [0.29, 0.717) is 0 Å². The van der Waals surface area contributed by atoms with Crippen molar-refractivity contribution < 1.29 is 0 Å². The summed E-state index contributed by atoms with van der Waals surface area (Å²) < 4.78 is 0. The van der Waals surface area contributed by atoms with Crippen molar-refractivity contribution in [1.29, 1.82) is 0 Å². The van der Waals surface area contributed by atoms with Crippen LogP contribution >= 0.6 is 0 Å². The number of nitrogens with one attached hydrogen (secondary N) is 1. The van der Waals surface area contributed by atoms with Crippen molar-refractivity contribution in [2.45, 2.75) is 25.8 Å². The van der Waals surface area contributed by atoms with Crippen molar-refractivity contribution in [3.8, 4) is 0 Å². The van der Waals surface area contributed by atoms with E-state index in [1.54, 1.807) is 0 Å². The zero-order valence-electron chi connectivity index (χ0n) is 12.6. The molecular weight excluding hydrogens is 272 g/mol. The Morgan fingerprint density at radius 1 is 1.00 bits per heavy atom. The molecule has 4 heteroatoms. The highest BCUT2D eigenvalue weighted by Crippen LogP contribution is 2.15. The van der Waals surface area contributed by atoms with Gasteiger partial charge in [0.1, 0.15) is 11.5 Å². The molecule has 112 valence electrons. The van der Waals surface area contributed by atoms with Gasteiger partial charge in [-0.15, -0.1) is 0 Å². The third-order valence-electron chi connectivity index (χ3n) is 4.34. The van der Waals surface area contributed by atoms with Crippen molar-refractivity contribution in [3.05, 3.63) is 59.7 Å². The van der Waals surface area contributed by atoms with Gasteiger partial charge in [-0.25, -0.2) is 9.97 Å². The number of fused-ring (bicyclic) bond motifs is 1. The van der Waals surface area contributed by atoms with Crippen LogP contribution in [0.25, 0.3) is 11.0 Å². The van der Waals surface area contributed by atoms with E-state index in [0.717, 1.165) is 29.8 Å². The van der Waals surface area contributed by atoms with Gasteiger partial charge >= 0.3 is 0 Å². The number of hydrogen-bond acceptors (Lipinski definition) is 3. The Hall–Kier alpha value is -2.20. The molecule has 0 amide bonds. The lowest BCUT2D eigenvalue weighted by molar-refractivity contribution is 0.331. The standard InChI is InChI=1S/C18H20N4/c1-2-10-22(9-1)13-15-5-3-14(4-6-15)11-17-20-12-16-7-8-19-18(16)21-17/h3-8,12H,1-2,9-11,13H2,(H,19,20,21). The topological polar surface area (TPSA) is 44.8 Å². The molecule has 0 aliphatic carbocycles. The Balaban J connectivity index is 1.45. The summed E-state index contributed by atoms with van der Waals surface area (Å²) >= 11 is 0. The molecule has 0 unspecified atom stereocenters. The second-order valence-electron chi connectivity index (χ2n) is 6.04. The summed E-state index contributed by atoms with van der Waals surface area (Å²) in [7, 11) is 0.